The zero-order valence-electron chi connectivity index (χ0n) is 9.71. The third-order valence-corrected chi connectivity index (χ3v) is 1.50. The van der Waals surface area contributed by atoms with Crippen molar-refractivity contribution in [2.24, 2.45) is 0 Å². The Kier molecular flexibility index (Phi) is 8.52. The van der Waals surface area contributed by atoms with Gasteiger partial charge in [-0.25, -0.2) is 0 Å². The number of ether oxygens (including phenoxy) is 1. The first-order chi connectivity index (χ1) is 7.56. The highest BCUT2D eigenvalue weighted by atomic mass is 16.5. The summed E-state index contributed by atoms with van der Waals surface area (Å²) >= 11 is 0. The molecule has 0 saturated heterocycles. The smallest absolute Gasteiger partial charge is 0.119 e. The normalized spacial score (nSPS) is 13.3. The Hall–Kier alpha value is -1.10. The van der Waals surface area contributed by atoms with Crippen LogP contribution >= 0.6 is 0 Å². The van der Waals surface area contributed by atoms with Gasteiger partial charge in [-0.2, -0.15) is 0 Å². The lowest BCUT2D eigenvalue weighted by Gasteiger charge is -2.06. The maximum atomic E-state index is 8.89. The second-order valence-electron chi connectivity index (χ2n) is 3.50. The van der Waals surface area contributed by atoms with Crippen molar-refractivity contribution in [3.05, 3.63) is 30.3 Å². The Morgan fingerprint density at radius 1 is 1.06 bits per heavy atom. The predicted molar refractivity (Wildman–Crippen MR) is 62.4 cm³/mol. The predicted octanol–water partition coefficient (Wildman–Crippen LogP) is 0.806. The van der Waals surface area contributed by atoms with E-state index in [1.165, 1.54) is 6.92 Å². The fourth-order valence-corrected chi connectivity index (χ4v) is 0.734. The van der Waals surface area contributed by atoms with Crippen LogP contribution in [-0.4, -0.2) is 40.7 Å². The quantitative estimate of drug-likeness (QED) is 0.713. The van der Waals surface area contributed by atoms with Crippen molar-refractivity contribution in [3.8, 4) is 5.75 Å². The molecule has 92 valence electrons. The second-order valence-corrected chi connectivity index (χ2v) is 3.50. The van der Waals surface area contributed by atoms with Crippen molar-refractivity contribution in [3.63, 3.8) is 0 Å². The largest absolute Gasteiger partial charge is 0.491 e. The zero-order valence-corrected chi connectivity index (χ0v) is 9.71. The Morgan fingerprint density at radius 2 is 1.56 bits per heavy atom. The lowest BCUT2D eigenvalue weighted by atomic mass is 10.3. The minimum atomic E-state index is -0.560. The van der Waals surface area contributed by atoms with E-state index in [-0.39, 0.29) is 6.61 Å². The average molecular weight is 228 g/mol. The van der Waals surface area contributed by atoms with Gasteiger partial charge in [-0.15, -0.1) is 0 Å². The van der Waals surface area contributed by atoms with Crippen LogP contribution in [0.2, 0.25) is 0 Å². The molecule has 0 fully saturated rings. The Bertz CT molecular complexity index is 246. The molecule has 0 radical (unpaired) electrons. The topological polar surface area (TPSA) is 69.9 Å². The van der Waals surface area contributed by atoms with E-state index in [0.717, 1.165) is 5.75 Å². The van der Waals surface area contributed by atoms with Gasteiger partial charge in [0.25, 0.3) is 0 Å². The standard InChI is InChI=1S/C9H12O2.C3H8O2/c1-8(10)7-11-9-5-3-2-4-6-9;1-3(5)2-4/h2-6,8,10H,7H2,1H3;3-5H,2H2,1H3. The molecule has 0 heterocycles. The van der Waals surface area contributed by atoms with Gasteiger partial charge in [0.1, 0.15) is 12.4 Å². The molecular weight excluding hydrogens is 208 g/mol. The molecule has 4 heteroatoms. The van der Waals surface area contributed by atoms with Crippen molar-refractivity contribution in [2.75, 3.05) is 13.2 Å². The SMILES string of the molecule is CC(O)CO.CC(O)COc1ccccc1. The Morgan fingerprint density at radius 3 is 1.94 bits per heavy atom. The lowest BCUT2D eigenvalue weighted by molar-refractivity contribution is 0.110. The monoisotopic (exact) mass is 228 g/mol. The Labute approximate surface area is 96.1 Å². The highest BCUT2D eigenvalue weighted by Gasteiger charge is 1.95. The first-order valence-electron chi connectivity index (χ1n) is 5.21. The molecule has 0 aliphatic carbocycles. The highest BCUT2D eigenvalue weighted by Crippen LogP contribution is 2.07. The van der Waals surface area contributed by atoms with Crippen LogP contribution < -0.4 is 4.74 Å². The van der Waals surface area contributed by atoms with Crippen molar-refractivity contribution in [1.82, 2.24) is 0 Å². The van der Waals surface area contributed by atoms with Crippen LogP contribution in [-0.2, 0) is 0 Å². The fraction of sp³-hybridized carbons (Fsp3) is 0.500. The maximum absolute atomic E-state index is 8.89. The van der Waals surface area contributed by atoms with Crippen LogP contribution in [0.15, 0.2) is 30.3 Å². The number of aliphatic hydroxyl groups is 3. The minimum Gasteiger partial charge on any atom is -0.491 e. The van der Waals surface area contributed by atoms with Crippen LogP contribution in [0.4, 0.5) is 0 Å². The van der Waals surface area contributed by atoms with E-state index in [1.54, 1.807) is 6.92 Å². The van der Waals surface area contributed by atoms with Gasteiger partial charge in [-0.05, 0) is 26.0 Å². The lowest BCUT2D eigenvalue weighted by Crippen LogP contribution is -2.12. The highest BCUT2D eigenvalue weighted by molar-refractivity contribution is 5.20. The maximum Gasteiger partial charge on any atom is 0.119 e. The summed E-state index contributed by atoms with van der Waals surface area (Å²) in [5.74, 6) is 0.799. The van der Waals surface area contributed by atoms with Crippen molar-refractivity contribution in [1.29, 1.82) is 0 Å². The number of hydrogen-bond donors (Lipinski definition) is 3. The molecule has 3 N–H and O–H groups in total. The summed E-state index contributed by atoms with van der Waals surface area (Å²) < 4.78 is 5.22. The molecule has 0 aliphatic heterocycles. The third kappa shape index (κ3) is 9.45. The number of benzene rings is 1. The molecule has 16 heavy (non-hydrogen) atoms. The molecule has 1 aromatic rings. The molecular formula is C12H20O4. The van der Waals surface area contributed by atoms with E-state index in [4.69, 9.17) is 20.1 Å². The van der Waals surface area contributed by atoms with Crippen LogP contribution in [0.5, 0.6) is 5.75 Å². The molecule has 0 aliphatic rings. The molecule has 2 atom stereocenters. The summed E-state index contributed by atoms with van der Waals surface area (Å²) in [5, 5.41) is 24.9. The summed E-state index contributed by atoms with van der Waals surface area (Å²) in [6.45, 7) is 3.44. The number of rotatable bonds is 4. The van der Waals surface area contributed by atoms with E-state index >= 15 is 0 Å². The zero-order chi connectivity index (χ0) is 12.4. The number of aliphatic hydroxyl groups excluding tert-OH is 3. The van der Waals surface area contributed by atoms with Gasteiger partial charge in [0, 0.05) is 0 Å². The van der Waals surface area contributed by atoms with Gasteiger partial charge in [0.2, 0.25) is 0 Å². The summed E-state index contributed by atoms with van der Waals surface area (Å²) in [6, 6.07) is 9.45. The van der Waals surface area contributed by atoms with E-state index in [2.05, 4.69) is 0 Å². The molecule has 0 aromatic heterocycles. The van der Waals surface area contributed by atoms with Gasteiger partial charge in [0.15, 0.2) is 0 Å². The molecule has 2 unspecified atom stereocenters. The average Bonchev–Trinajstić information content (AvgIpc) is 2.28. The van der Waals surface area contributed by atoms with Crippen molar-refractivity contribution < 1.29 is 20.1 Å². The minimum absolute atomic E-state index is 0.139. The molecule has 0 amide bonds. The summed E-state index contributed by atoms with van der Waals surface area (Å²) in [4.78, 5) is 0. The number of hydrogen-bond acceptors (Lipinski definition) is 4. The third-order valence-electron chi connectivity index (χ3n) is 1.50. The van der Waals surface area contributed by atoms with E-state index in [1.807, 2.05) is 30.3 Å². The van der Waals surface area contributed by atoms with Crippen LogP contribution in [0, 0.1) is 0 Å². The molecule has 4 nitrogen and oxygen atoms in total. The Balaban J connectivity index is 0.000000385. The van der Waals surface area contributed by atoms with E-state index in [9.17, 15) is 0 Å². The van der Waals surface area contributed by atoms with E-state index in [0.29, 0.717) is 6.61 Å². The van der Waals surface area contributed by atoms with Gasteiger partial charge >= 0.3 is 0 Å². The first-order valence-corrected chi connectivity index (χ1v) is 5.21. The van der Waals surface area contributed by atoms with Gasteiger partial charge in [-0.1, -0.05) is 18.2 Å². The van der Waals surface area contributed by atoms with Gasteiger partial charge < -0.3 is 20.1 Å². The fourth-order valence-electron chi connectivity index (χ4n) is 0.734. The van der Waals surface area contributed by atoms with Crippen molar-refractivity contribution in [2.45, 2.75) is 26.1 Å². The molecule has 0 bridgehead atoms. The molecule has 0 saturated carbocycles. The summed E-state index contributed by atoms with van der Waals surface area (Å²) in [6.07, 6.45) is -0.967. The first kappa shape index (κ1) is 14.9. The van der Waals surface area contributed by atoms with Crippen molar-refractivity contribution >= 4 is 0 Å². The second kappa shape index (κ2) is 9.15. The van der Waals surface area contributed by atoms with Crippen LogP contribution in [0.3, 0.4) is 0 Å². The number of para-hydroxylation sites is 1. The van der Waals surface area contributed by atoms with Crippen LogP contribution in [0.25, 0.3) is 0 Å². The van der Waals surface area contributed by atoms with E-state index < -0.39 is 12.2 Å². The summed E-state index contributed by atoms with van der Waals surface area (Å²) in [7, 11) is 0. The molecule has 1 rings (SSSR count). The molecule has 0 spiro atoms. The summed E-state index contributed by atoms with van der Waals surface area (Å²) in [5.41, 5.74) is 0. The molecule has 1 aromatic carbocycles. The van der Waals surface area contributed by atoms with Gasteiger partial charge in [0.05, 0.1) is 18.8 Å². The van der Waals surface area contributed by atoms with Gasteiger partial charge in [-0.3, -0.25) is 0 Å². The van der Waals surface area contributed by atoms with Crippen LogP contribution in [0.1, 0.15) is 13.8 Å².